The molecular formula is C20H23FN6O2. The van der Waals surface area contributed by atoms with Crippen molar-refractivity contribution in [3.8, 4) is 6.07 Å². The molecule has 1 amide bonds. The molecule has 0 bridgehead atoms. The van der Waals surface area contributed by atoms with Crippen molar-refractivity contribution in [1.82, 2.24) is 20.6 Å². The lowest BCUT2D eigenvalue weighted by molar-refractivity contribution is -0.132. The van der Waals surface area contributed by atoms with Gasteiger partial charge in [0.05, 0.1) is 24.1 Å². The third kappa shape index (κ3) is 3.86. The second-order valence-electron chi connectivity index (χ2n) is 7.58. The van der Waals surface area contributed by atoms with Crippen molar-refractivity contribution in [2.45, 2.75) is 31.2 Å². The molecule has 0 saturated carbocycles. The minimum absolute atomic E-state index is 0.0444. The molecule has 0 aromatic carbocycles. The number of aromatic nitrogens is 2. The Morgan fingerprint density at radius 1 is 1.52 bits per heavy atom. The molecule has 9 heteroatoms. The van der Waals surface area contributed by atoms with Crippen LogP contribution in [0.25, 0.3) is 10.9 Å². The fraction of sp³-hybridized carbons (Fsp3) is 0.500. The summed E-state index contributed by atoms with van der Waals surface area (Å²) in [5.74, 6) is -0.592. The van der Waals surface area contributed by atoms with Crippen molar-refractivity contribution < 1.29 is 13.9 Å². The van der Waals surface area contributed by atoms with E-state index in [1.807, 2.05) is 19.1 Å². The number of halogens is 1. The molecule has 29 heavy (non-hydrogen) atoms. The summed E-state index contributed by atoms with van der Waals surface area (Å²) in [4.78, 5) is 22.9. The molecule has 0 unspecified atom stereocenters. The van der Waals surface area contributed by atoms with Gasteiger partial charge in [0.2, 0.25) is 5.67 Å². The zero-order valence-electron chi connectivity index (χ0n) is 16.2. The fourth-order valence-corrected chi connectivity index (χ4v) is 3.97. The maximum atomic E-state index is 14.6. The van der Waals surface area contributed by atoms with E-state index in [1.165, 1.54) is 0 Å². The van der Waals surface area contributed by atoms with Crippen molar-refractivity contribution in [3.63, 3.8) is 0 Å². The zero-order valence-corrected chi connectivity index (χ0v) is 16.2. The third-order valence-electron chi connectivity index (χ3n) is 5.40. The predicted molar refractivity (Wildman–Crippen MR) is 105 cm³/mol. The normalized spacial score (nSPS) is 27.0. The van der Waals surface area contributed by atoms with Crippen LogP contribution in [-0.2, 0) is 9.53 Å². The molecule has 8 nitrogen and oxygen atoms in total. The standard InChI is InChI=1S/C20H23FN6O2/c1-13-10-27(17-9-25-16(7-22)18-15(17)3-2-5-24-18)11-14(29-13)8-26-19(28)20(21)4-6-23-12-20/h2-3,5,9,13-14,23H,4,6,8,10-12H2,1H3,(H,26,28)/t13-,14+,20+/m1/s1. The van der Waals surface area contributed by atoms with Gasteiger partial charge in [0.25, 0.3) is 5.91 Å². The van der Waals surface area contributed by atoms with Crippen LogP contribution in [0.5, 0.6) is 0 Å². The van der Waals surface area contributed by atoms with Gasteiger partial charge in [-0.3, -0.25) is 9.78 Å². The number of pyridine rings is 2. The Morgan fingerprint density at radius 2 is 2.38 bits per heavy atom. The van der Waals surface area contributed by atoms with Crippen LogP contribution in [0.2, 0.25) is 0 Å². The van der Waals surface area contributed by atoms with Crippen molar-refractivity contribution >= 4 is 22.5 Å². The van der Waals surface area contributed by atoms with Gasteiger partial charge < -0.3 is 20.3 Å². The molecule has 2 fully saturated rings. The number of anilines is 1. The van der Waals surface area contributed by atoms with Crippen LogP contribution in [0.3, 0.4) is 0 Å². The molecule has 152 valence electrons. The Balaban J connectivity index is 1.50. The molecule has 0 spiro atoms. The maximum absolute atomic E-state index is 14.6. The van der Waals surface area contributed by atoms with Crippen LogP contribution in [0.15, 0.2) is 24.5 Å². The first kappa shape index (κ1) is 19.5. The number of nitrogens with one attached hydrogen (secondary N) is 2. The number of hydrogen-bond donors (Lipinski definition) is 2. The molecule has 2 N–H and O–H groups in total. The molecule has 3 atom stereocenters. The average molecular weight is 398 g/mol. The monoisotopic (exact) mass is 398 g/mol. The highest BCUT2D eigenvalue weighted by Gasteiger charge is 2.41. The molecular weight excluding hydrogens is 375 g/mol. The van der Waals surface area contributed by atoms with E-state index in [1.54, 1.807) is 12.4 Å². The number of nitrogens with zero attached hydrogens (tertiary/aromatic N) is 4. The molecule has 0 aliphatic carbocycles. The molecule has 2 saturated heterocycles. The molecule has 2 aliphatic rings. The predicted octanol–water partition coefficient (Wildman–Crippen LogP) is 0.913. The van der Waals surface area contributed by atoms with Crippen LogP contribution in [0.1, 0.15) is 19.0 Å². The van der Waals surface area contributed by atoms with Gasteiger partial charge in [-0.15, -0.1) is 0 Å². The van der Waals surface area contributed by atoms with Gasteiger partial charge >= 0.3 is 0 Å². The molecule has 0 radical (unpaired) electrons. The number of ether oxygens (including phenoxy) is 1. The number of fused-ring (bicyclic) bond motifs is 1. The van der Waals surface area contributed by atoms with Gasteiger partial charge in [0.1, 0.15) is 11.6 Å². The van der Waals surface area contributed by atoms with Crippen molar-refractivity contribution in [3.05, 3.63) is 30.2 Å². The molecule has 4 heterocycles. The summed E-state index contributed by atoms with van der Waals surface area (Å²) >= 11 is 0. The Kier molecular flexibility index (Phi) is 5.30. The minimum atomic E-state index is -1.85. The van der Waals surface area contributed by atoms with Crippen LogP contribution < -0.4 is 15.5 Å². The topological polar surface area (TPSA) is 103 Å². The second-order valence-corrected chi connectivity index (χ2v) is 7.58. The molecule has 2 aromatic rings. The Morgan fingerprint density at radius 3 is 3.14 bits per heavy atom. The van der Waals surface area contributed by atoms with Gasteiger partial charge in [-0.1, -0.05) is 0 Å². The van der Waals surface area contributed by atoms with E-state index < -0.39 is 11.6 Å². The SMILES string of the molecule is C[C@@H]1CN(c2cnc(C#N)c3ncccc23)C[C@H](CNC(=O)[C@]2(F)CCNC2)O1. The number of morpholine rings is 1. The summed E-state index contributed by atoms with van der Waals surface area (Å²) in [6, 6.07) is 5.81. The second kappa shape index (κ2) is 7.89. The van der Waals surface area contributed by atoms with Crippen LogP contribution in [-0.4, -0.2) is 66.5 Å². The smallest absolute Gasteiger partial charge is 0.259 e. The summed E-state index contributed by atoms with van der Waals surface area (Å²) in [6.07, 6.45) is 3.13. The largest absolute Gasteiger partial charge is 0.370 e. The lowest BCUT2D eigenvalue weighted by atomic mass is 10.0. The first-order valence-electron chi connectivity index (χ1n) is 9.72. The Hall–Kier alpha value is -2.83. The Labute approximate surface area is 168 Å². The van der Waals surface area contributed by atoms with E-state index in [0.29, 0.717) is 25.2 Å². The number of amides is 1. The number of carbonyl (C=O) groups excluding carboxylic acids is 1. The number of rotatable bonds is 4. The van der Waals surface area contributed by atoms with Crippen LogP contribution >= 0.6 is 0 Å². The highest BCUT2D eigenvalue weighted by Crippen LogP contribution is 2.29. The number of hydrogen-bond acceptors (Lipinski definition) is 7. The van der Waals surface area contributed by atoms with Gasteiger partial charge in [-0.2, -0.15) is 5.26 Å². The van der Waals surface area contributed by atoms with Crippen LogP contribution in [0, 0.1) is 11.3 Å². The average Bonchev–Trinajstić information content (AvgIpc) is 3.18. The van der Waals surface area contributed by atoms with E-state index in [9.17, 15) is 14.4 Å². The summed E-state index contributed by atoms with van der Waals surface area (Å²) in [5, 5.41) is 15.7. The Bertz CT molecular complexity index is 956. The van der Waals surface area contributed by atoms with Gasteiger partial charge in [-0.25, -0.2) is 9.37 Å². The summed E-state index contributed by atoms with van der Waals surface area (Å²) < 4.78 is 20.5. The summed E-state index contributed by atoms with van der Waals surface area (Å²) in [7, 11) is 0. The molecule has 2 aromatic heterocycles. The van der Waals surface area contributed by atoms with E-state index >= 15 is 0 Å². The number of carbonyl (C=O) groups is 1. The molecule has 4 rings (SSSR count). The first-order chi connectivity index (χ1) is 14.0. The van der Waals surface area contributed by atoms with Crippen molar-refractivity contribution in [2.24, 2.45) is 0 Å². The van der Waals surface area contributed by atoms with E-state index in [-0.39, 0.29) is 37.4 Å². The lowest BCUT2D eigenvalue weighted by Gasteiger charge is -2.38. The quantitative estimate of drug-likeness (QED) is 0.789. The van der Waals surface area contributed by atoms with Gasteiger partial charge in [0, 0.05) is 44.2 Å². The highest BCUT2D eigenvalue weighted by molar-refractivity contribution is 5.93. The van der Waals surface area contributed by atoms with Crippen LogP contribution in [0.4, 0.5) is 10.1 Å². The fourth-order valence-electron chi connectivity index (χ4n) is 3.97. The first-order valence-corrected chi connectivity index (χ1v) is 9.72. The van der Waals surface area contributed by atoms with Gasteiger partial charge in [0.15, 0.2) is 5.69 Å². The lowest BCUT2D eigenvalue weighted by Crippen LogP contribution is -2.53. The van der Waals surface area contributed by atoms with E-state index in [2.05, 4.69) is 31.6 Å². The van der Waals surface area contributed by atoms with Crippen molar-refractivity contribution in [2.75, 3.05) is 37.6 Å². The third-order valence-corrected chi connectivity index (χ3v) is 5.40. The van der Waals surface area contributed by atoms with Gasteiger partial charge in [-0.05, 0) is 25.6 Å². The van der Waals surface area contributed by atoms with E-state index in [0.717, 1.165) is 11.1 Å². The molecule has 2 aliphatic heterocycles. The zero-order chi connectivity index (χ0) is 20.4. The minimum Gasteiger partial charge on any atom is -0.370 e. The number of nitriles is 1. The number of alkyl halides is 1. The highest BCUT2D eigenvalue weighted by atomic mass is 19.1. The van der Waals surface area contributed by atoms with E-state index in [4.69, 9.17) is 4.74 Å². The summed E-state index contributed by atoms with van der Waals surface area (Å²) in [6.45, 7) is 3.88. The van der Waals surface area contributed by atoms with Crippen molar-refractivity contribution in [1.29, 1.82) is 5.26 Å². The maximum Gasteiger partial charge on any atom is 0.259 e. The summed E-state index contributed by atoms with van der Waals surface area (Å²) in [5.41, 5.74) is -0.142.